The molecular formula is C16H23N5O3S. The van der Waals surface area contributed by atoms with Gasteiger partial charge in [0, 0.05) is 39.5 Å². The number of anilines is 1. The molecule has 2 aliphatic rings. The van der Waals surface area contributed by atoms with Crippen molar-refractivity contribution in [1.82, 2.24) is 19.3 Å². The van der Waals surface area contributed by atoms with Crippen LogP contribution in [0.5, 0.6) is 0 Å². The van der Waals surface area contributed by atoms with Crippen LogP contribution in [0.25, 0.3) is 11.0 Å². The van der Waals surface area contributed by atoms with Gasteiger partial charge in [0.05, 0.1) is 17.2 Å². The summed E-state index contributed by atoms with van der Waals surface area (Å²) in [5.74, 6) is 1.34. The molecular weight excluding hydrogens is 342 g/mol. The van der Waals surface area contributed by atoms with Crippen LogP contribution in [0, 0.1) is 5.92 Å². The van der Waals surface area contributed by atoms with Crippen molar-refractivity contribution in [3.8, 4) is 0 Å². The second-order valence-corrected chi connectivity index (χ2v) is 9.01. The van der Waals surface area contributed by atoms with Crippen molar-refractivity contribution in [3.05, 3.63) is 18.6 Å². The van der Waals surface area contributed by atoms with Crippen molar-refractivity contribution >= 4 is 26.9 Å². The van der Waals surface area contributed by atoms with Gasteiger partial charge in [0.1, 0.15) is 17.8 Å². The second kappa shape index (κ2) is 6.22. The number of hydrogen-bond acceptors (Lipinski definition) is 6. The van der Waals surface area contributed by atoms with E-state index < -0.39 is 10.0 Å². The van der Waals surface area contributed by atoms with Crippen molar-refractivity contribution in [3.63, 3.8) is 0 Å². The number of fused-ring (bicyclic) bond motifs is 1. The zero-order valence-corrected chi connectivity index (χ0v) is 15.2. The van der Waals surface area contributed by atoms with Gasteiger partial charge in [0.15, 0.2) is 0 Å². The van der Waals surface area contributed by atoms with Gasteiger partial charge < -0.3 is 14.6 Å². The number of rotatable bonds is 6. The summed E-state index contributed by atoms with van der Waals surface area (Å²) in [4.78, 5) is 13.9. The van der Waals surface area contributed by atoms with E-state index in [1.165, 1.54) is 4.31 Å². The van der Waals surface area contributed by atoms with Crippen LogP contribution in [-0.2, 0) is 14.8 Å². The molecule has 1 N–H and O–H groups in total. The van der Waals surface area contributed by atoms with Crippen molar-refractivity contribution in [2.75, 3.05) is 37.9 Å². The fourth-order valence-electron chi connectivity index (χ4n) is 3.65. The summed E-state index contributed by atoms with van der Waals surface area (Å²) in [5, 5.41) is 0.993. The molecule has 136 valence electrons. The molecule has 0 radical (unpaired) electrons. The normalized spacial score (nSPS) is 24.9. The Morgan fingerprint density at radius 2 is 2.12 bits per heavy atom. The maximum Gasteiger partial charge on any atom is 0.214 e. The number of ether oxygens (including phenoxy) is 1. The molecule has 1 aliphatic carbocycles. The summed E-state index contributed by atoms with van der Waals surface area (Å²) in [7, 11) is 0.475. The number of methoxy groups -OCH3 is 1. The van der Waals surface area contributed by atoms with Crippen molar-refractivity contribution < 1.29 is 13.2 Å². The summed E-state index contributed by atoms with van der Waals surface area (Å²) in [6, 6.07) is 2.29. The van der Waals surface area contributed by atoms with Gasteiger partial charge in [-0.25, -0.2) is 18.4 Å². The standard InChI is InChI=1S/C16H23N5O3S/c1-20(16-14-3-4-17-15(14)18-10-19-16)12-5-11(6-12)9-25(22,23)21-7-13(8-21)24-2/h3-4,10-13H,5-9H2,1-2H3,(H,17,18,19). The molecule has 2 fully saturated rings. The Kier molecular flexibility index (Phi) is 4.17. The van der Waals surface area contributed by atoms with Gasteiger partial charge in [-0.3, -0.25) is 0 Å². The summed E-state index contributed by atoms with van der Waals surface area (Å²) in [5.41, 5.74) is 0.820. The fourth-order valence-corrected chi connectivity index (χ4v) is 5.51. The first-order valence-electron chi connectivity index (χ1n) is 8.49. The Bertz CT molecular complexity index is 856. The Morgan fingerprint density at radius 1 is 1.36 bits per heavy atom. The number of aromatic nitrogens is 3. The summed E-state index contributed by atoms with van der Waals surface area (Å²) >= 11 is 0. The van der Waals surface area contributed by atoms with Crippen LogP contribution in [0.3, 0.4) is 0 Å². The third-order valence-corrected chi connectivity index (χ3v) is 7.39. The lowest BCUT2D eigenvalue weighted by Crippen LogP contribution is -2.56. The molecule has 3 heterocycles. The first-order valence-corrected chi connectivity index (χ1v) is 10.1. The quantitative estimate of drug-likeness (QED) is 0.815. The number of nitrogens with zero attached hydrogens (tertiary/aromatic N) is 4. The first kappa shape index (κ1) is 16.7. The molecule has 0 atom stereocenters. The molecule has 0 bridgehead atoms. The third kappa shape index (κ3) is 3.00. The molecule has 2 aromatic rings. The molecule has 25 heavy (non-hydrogen) atoms. The van der Waals surface area contributed by atoms with Gasteiger partial charge in [-0.1, -0.05) is 0 Å². The minimum Gasteiger partial charge on any atom is -0.379 e. The maximum atomic E-state index is 12.4. The first-order chi connectivity index (χ1) is 12.0. The highest BCUT2D eigenvalue weighted by Gasteiger charge is 2.41. The monoisotopic (exact) mass is 365 g/mol. The van der Waals surface area contributed by atoms with Crippen LogP contribution >= 0.6 is 0 Å². The van der Waals surface area contributed by atoms with E-state index in [1.807, 2.05) is 19.3 Å². The number of hydrogen-bond donors (Lipinski definition) is 1. The van der Waals surface area contributed by atoms with Crippen LogP contribution in [0.2, 0.25) is 0 Å². The van der Waals surface area contributed by atoms with Gasteiger partial charge in [0.25, 0.3) is 0 Å². The molecule has 0 aromatic carbocycles. The van der Waals surface area contributed by atoms with Gasteiger partial charge in [0.2, 0.25) is 10.0 Å². The van der Waals surface area contributed by atoms with Crippen molar-refractivity contribution in [2.24, 2.45) is 5.92 Å². The van der Waals surface area contributed by atoms with Gasteiger partial charge in [-0.15, -0.1) is 0 Å². The van der Waals surface area contributed by atoms with E-state index in [0.717, 1.165) is 29.7 Å². The largest absolute Gasteiger partial charge is 0.379 e. The molecule has 9 heteroatoms. The lowest BCUT2D eigenvalue weighted by Gasteiger charge is -2.43. The summed E-state index contributed by atoms with van der Waals surface area (Å²) < 4.78 is 31.5. The van der Waals surface area contributed by atoms with Gasteiger partial charge in [-0.05, 0) is 24.8 Å². The Hall–Kier alpha value is -1.71. The second-order valence-electron chi connectivity index (χ2n) is 6.99. The van der Waals surface area contributed by atoms with E-state index in [2.05, 4.69) is 19.9 Å². The Labute approximate surface area is 147 Å². The molecule has 1 aliphatic heterocycles. The molecule has 4 rings (SSSR count). The van der Waals surface area contributed by atoms with Crippen molar-refractivity contribution in [1.29, 1.82) is 0 Å². The highest BCUT2D eigenvalue weighted by Crippen LogP contribution is 2.36. The van der Waals surface area contributed by atoms with E-state index in [0.29, 0.717) is 19.1 Å². The van der Waals surface area contributed by atoms with Gasteiger partial charge >= 0.3 is 0 Å². The molecule has 0 spiro atoms. The summed E-state index contributed by atoms with van der Waals surface area (Å²) in [6.07, 6.45) is 5.20. The van der Waals surface area contributed by atoms with E-state index >= 15 is 0 Å². The average molecular weight is 365 g/mol. The average Bonchev–Trinajstić information content (AvgIpc) is 2.97. The topological polar surface area (TPSA) is 91.4 Å². The van der Waals surface area contributed by atoms with Crippen LogP contribution in [-0.4, -0.2) is 72.8 Å². The number of H-pyrrole nitrogens is 1. The van der Waals surface area contributed by atoms with Crippen LogP contribution < -0.4 is 4.90 Å². The van der Waals surface area contributed by atoms with Gasteiger partial charge in [-0.2, -0.15) is 4.31 Å². The molecule has 8 nitrogen and oxygen atoms in total. The van der Waals surface area contributed by atoms with E-state index in [4.69, 9.17) is 4.74 Å². The highest BCUT2D eigenvalue weighted by molar-refractivity contribution is 7.89. The predicted octanol–water partition coefficient (Wildman–Crippen LogP) is 0.833. The maximum absolute atomic E-state index is 12.4. The third-order valence-electron chi connectivity index (χ3n) is 5.41. The van der Waals surface area contributed by atoms with Crippen molar-refractivity contribution in [2.45, 2.75) is 25.0 Å². The van der Waals surface area contributed by atoms with E-state index in [1.54, 1.807) is 13.4 Å². The van der Waals surface area contributed by atoms with E-state index in [-0.39, 0.29) is 17.8 Å². The smallest absolute Gasteiger partial charge is 0.214 e. The number of aromatic amines is 1. The summed E-state index contributed by atoms with van der Waals surface area (Å²) in [6.45, 7) is 0.975. The number of nitrogens with one attached hydrogen (secondary N) is 1. The molecule has 0 amide bonds. The molecule has 2 aromatic heterocycles. The number of sulfonamides is 1. The minimum atomic E-state index is -3.16. The van der Waals surface area contributed by atoms with E-state index in [9.17, 15) is 8.42 Å². The molecule has 0 unspecified atom stereocenters. The zero-order chi connectivity index (χ0) is 17.6. The lowest BCUT2D eigenvalue weighted by atomic mass is 9.81. The van der Waals surface area contributed by atoms with Crippen LogP contribution in [0.4, 0.5) is 5.82 Å². The highest BCUT2D eigenvalue weighted by atomic mass is 32.2. The Morgan fingerprint density at radius 3 is 2.84 bits per heavy atom. The zero-order valence-electron chi connectivity index (χ0n) is 14.4. The SMILES string of the molecule is COC1CN(S(=O)(=O)CC2CC(N(C)c3ncnc4[nH]ccc34)C2)C1. The molecule has 1 saturated carbocycles. The Balaban J connectivity index is 1.35. The predicted molar refractivity (Wildman–Crippen MR) is 95.0 cm³/mol. The fraction of sp³-hybridized carbons (Fsp3) is 0.625. The van der Waals surface area contributed by atoms with Crippen LogP contribution in [0.15, 0.2) is 18.6 Å². The lowest BCUT2D eigenvalue weighted by molar-refractivity contribution is 0.0121. The molecule has 1 saturated heterocycles. The minimum absolute atomic E-state index is 0.0524. The van der Waals surface area contributed by atoms with Crippen LogP contribution in [0.1, 0.15) is 12.8 Å².